The second kappa shape index (κ2) is 3.20. The van der Waals surface area contributed by atoms with Crippen molar-refractivity contribution in [3.05, 3.63) is 48.5 Å². The molecule has 1 radical (unpaired) electrons. The molecule has 0 atom stereocenters. The minimum absolute atomic E-state index is 0.768. The average Bonchev–Trinajstić information content (AvgIpc) is 2.78. The minimum atomic E-state index is 0.768. The topological polar surface area (TPSA) is 38.9 Å². The fourth-order valence-corrected chi connectivity index (χ4v) is 1.58. The zero-order valence-corrected chi connectivity index (χ0v) is 7.84. The predicted octanol–water partition coefficient (Wildman–Crippen LogP) is 2.69. The van der Waals surface area contributed by atoms with Gasteiger partial charge in [-0.05, 0) is 28.0 Å². The number of nitrogens with zero attached hydrogens (tertiary/aromatic N) is 2. The van der Waals surface area contributed by atoms with Gasteiger partial charge in [0.05, 0.1) is 0 Å². The molecule has 0 aliphatic heterocycles. The van der Waals surface area contributed by atoms with Crippen molar-refractivity contribution in [1.82, 2.24) is 10.3 Å². The van der Waals surface area contributed by atoms with Gasteiger partial charge in [0, 0.05) is 5.56 Å². The number of benzene rings is 2. The molecule has 15 heavy (non-hydrogen) atoms. The largest absolute Gasteiger partial charge is 0.243 e. The summed E-state index contributed by atoms with van der Waals surface area (Å²) in [7, 11) is 0. The van der Waals surface area contributed by atoms with Crippen LogP contribution in [0.5, 0.6) is 0 Å². The summed E-state index contributed by atoms with van der Waals surface area (Å²) in [5, 5.41) is 7.69. The third-order valence-corrected chi connectivity index (χ3v) is 2.29. The summed E-state index contributed by atoms with van der Waals surface area (Å²) in [6.45, 7) is 0. The summed E-state index contributed by atoms with van der Waals surface area (Å²) in [4.78, 5) is 0. The molecule has 0 aliphatic rings. The van der Waals surface area contributed by atoms with Crippen molar-refractivity contribution in [3.63, 3.8) is 0 Å². The summed E-state index contributed by atoms with van der Waals surface area (Å²) in [5.74, 6) is 0. The summed E-state index contributed by atoms with van der Waals surface area (Å²) < 4.78 is 4.71. The average molecular weight is 195 g/mol. The Balaban J connectivity index is 2.31. The second-order valence-electron chi connectivity index (χ2n) is 3.21. The molecular weight excluding hydrogens is 188 g/mol. The van der Waals surface area contributed by atoms with E-state index in [0.717, 1.165) is 22.2 Å². The first kappa shape index (κ1) is 8.17. The molecule has 0 N–H and O–H groups in total. The first-order valence-corrected chi connectivity index (χ1v) is 4.63. The second-order valence-corrected chi connectivity index (χ2v) is 3.21. The zero-order valence-electron chi connectivity index (χ0n) is 7.84. The molecule has 1 aromatic heterocycles. The minimum Gasteiger partial charge on any atom is -0.243 e. The lowest BCUT2D eigenvalue weighted by Gasteiger charge is -1.99. The van der Waals surface area contributed by atoms with Crippen molar-refractivity contribution in [2.75, 3.05) is 0 Å². The lowest BCUT2D eigenvalue weighted by atomic mass is 10.0. The van der Waals surface area contributed by atoms with E-state index in [4.69, 9.17) is 4.63 Å². The van der Waals surface area contributed by atoms with Gasteiger partial charge in [0.15, 0.2) is 0 Å². The number of hydrogen-bond donors (Lipinski definition) is 0. The molecule has 0 spiro atoms. The highest BCUT2D eigenvalue weighted by atomic mass is 16.6. The van der Waals surface area contributed by atoms with Crippen LogP contribution in [0.4, 0.5) is 0 Å². The fraction of sp³-hybridized carbons (Fsp3) is 0. The van der Waals surface area contributed by atoms with Gasteiger partial charge in [-0.1, -0.05) is 36.4 Å². The standard InChI is InChI=1S/C12H7N2O/c1-2-5-9(6-3-1)10-7-4-8-11-12(10)14-15-13-11/h1-5,7-8H. The van der Waals surface area contributed by atoms with E-state index in [9.17, 15) is 0 Å². The van der Waals surface area contributed by atoms with Gasteiger partial charge in [-0.15, -0.1) is 0 Å². The van der Waals surface area contributed by atoms with Crippen molar-refractivity contribution < 1.29 is 4.63 Å². The molecule has 3 nitrogen and oxygen atoms in total. The van der Waals surface area contributed by atoms with Crippen molar-refractivity contribution in [3.8, 4) is 11.1 Å². The van der Waals surface area contributed by atoms with Crippen molar-refractivity contribution in [2.24, 2.45) is 0 Å². The molecule has 3 rings (SSSR count). The molecule has 0 bridgehead atoms. The maximum atomic E-state index is 4.71. The molecule has 0 amide bonds. The van der Waals surface area contributed by atoms with Gasteiger partial charge in [0.25, 0.3) is 0 Å². The van der Waals surface area contributed by atoms with E-state index >= 15 is 0 Å². The van der Waals surface area contributed by atoms with E-state index in [1.54, 1.807) is 0 Å². The van der Waals surface area contributed by atoms with Gasteiger partial charge in [0.2, 0.25) is 0 Å². The van der Waals surface area contributed by atoms with Crippen molar-refractivity contribution >= 4 is 11.0 Å². The molecule has 3 aromatic rings. The highest BCUT2D eigenvalue weighted by Gasteiger charge is 2.07. The van der Waals surface area contributed by atoms with E-state index in [1.807, 2.05) is 42.5 Å². The van der Waals surface area contributed by atoms with Crippen LogP contribution in [-0.2, 0) is 0 Å². The molecule has 0 fully saturated rings. The highest BCUT2D eigenvalue weighted by molar-refractivity contribution is 5.90. The molecule has 1 heterocycles. The molecule has 0 saturated carbocycles. The van der Waals surface area contributed by atoms with Crippen LogP contribution < -0.4 is 0 Å². The van der Waals surface area contributed by atoms with Crippen molar-refractivity contribution in [1.29, 1.82) is 0 Å². The van der Waals surface area contributed by atoms with Gasteiger partial charge >= 0.3 is 0 Å². The molecule has 0 aliphatic carbocycles. The Bertz CT molecular complexity index is 587. The fourth-order valence-electron chi connectivity index (χ4n) is 1.58. The van der Waals surface area contributed by atoms with Crippen molar-refractivity contribution in [2.45, 2.75) is 0 Å². The molecule has 2 aromatic carbocycles. The molecule has 0 unspecified atom stereocenters. The monoisotopic (exact) mass is 195 g/mol. The quantitative estimate of drug-likeness (QED) is 0.599. The number of hydrogen-bond acceptors (Lipinski definition) is 3. The van der Waals surface area contributed by atoms with E-state index in [0.29, 0.717) is 0 Å². The van der Waals surface area contributed by atoms with Crippen LogP contribution in [0.15, 0.2) is 47.1 Å². The van der Waals surface area contributed by atoms with Crippen LogP contribution in [0.2, 0.25) is 0 Å². The maximum Gasteiger partial charge on any atom is 0.143 e. The smallest absolute Gasteiger partial charge is 0.143 e. The Morgan fingerprint density at radius 3 is 2.87 bits per heavy atom. The van der Waals surface area contributed by atoms with E-state index in [-0.39, 0.29) is 0 Å². The SMILES string of the molecule is [c]1ccccc1-c1cccc2nonc12. The Kier molecular flexibility index (Phi) is 1.75. The zero-order chi connectivity index (χ0) is 10.1. The maximum absolute atomic E-state index is 4.71. The van der Waals surface area contributed by atoms with Crippen LogP contribution in [0.1, 0.15) is 0 Å². The third kappa shape index (κ3) is 1.29. The molecular formula is C12H7N2O. The first-order chi connectivity index (χ1) is 7.45. The Morgan fingerprint density at radius 2 is 2.00 bits per heavy atom. The van der Waals surface area contributed by atoms with Crippen LogP contribution >= 0.6 is 0 Å². The first-order valence-electron chi connectivity index (χ1n) is 4.63. The lowest BCUT2D eigenvalue weighted by molar-refractivity contribution is 0.315. The third-order valence-electron chi connectivity index (χ3n) is 2.29. The Morgan fingerprint density at radius 1 is 1.00 bits per heavy atom. The van der Waals surface area contributed by atoms with Crippen LogP contribution in [0.3, 0.4) is 0 Å². The van der Waals surface area contributed by atoms with Gasteiger partial charge in [-0.3, -0.25) is 0 Å². The number of fused-ring (bicyclic) bond motifs is 1. The molecule has 3 heteroatoms. The van der Waals surface area contributed by atoms with Crippen LogP contribution in [-0.4, -0.2) is 10.3 Å². The highest BCUT2D eigenvalue weighted by Crippen LogP contribution is 2.25. The predicted molar refractivity (Wildman–Crippen MR) is 56.1 cm³/mol. The van der Waals surface area contributed by atoms with Gasteiger partial charge in [-0.2, -0.15) is 0 Å². The molecule has 71 valence electrons. The summed E-state index contributed by atoms with van der Waals surface area (Å²) in [6, 6.07) is 16.7. The van der Waals surface area contributed by atoms with Gasteiger partial charge in [-0.25, -0.2) is 4.63 Å². The van der Waals surface area contributed by atoms with E-state index < -0.39 is 0 Å². The Labute approximate surface area is 86.3 Å². The summed E-state index contributed by atoms with van der Waals surface area (Å²) in [6.07, 6.45) is 0. The van der Waals surface area contributed by atoms with Gasteiger partial charge in [0.1, 0.15) is 11.0 Å². The van der Waals surface area contributed by atoms with Crippen LogP contribution in [0, 0.1) is 6.07 Å². The summed E-state index contributed by atoms with van der Waals surface area (Å²) >= 11 is 0. The van der Waals surface area contributed by atoms with E-state index in [1.165, 1.54) is 0 Å². The van der Waals surface area contributed by atoms with Crippen LogP contribution in [0.25, 0.3) is 22.2 Å². The normalized spacial score (nSPS) is 10.7. The lowest BCUT2D eigenvalue weighted by Crippen LogP contribution is -1.79. The van der Waals surface area contributed by atoms with Gasteiger partial charge < -0.3 is 0 Å². The Hall–Kier alpha value is -2.16. The summed E-state index contributed by atoms with van der Waals surface area (Å²) in [5.41, 5.74) is 3.54. The number of rotatable bonds is 1. The van der Waals surface area contributed by atoms with E-state index in [2.05, 4.69) is 16.4 Å². The molecule has 0 saturated heterocycles. The number of aromatic nitrogens is 2.